The summed E-state index contributed by atoms with van der Waals surface area (Å²) in [5, 5.41) is 3.07. The molecule has 1 aromatic carbocycles. The van der Waals surface area contributed by atoms with Crippen molar-refractivity contribution in [1.29, 1.82) is 0 Å². The molecule has 0 aliphatic rings. The molecule has 1 amide bonds. The van der Waals surface area contributed by atoms with Crippen molar-refractivity contribution in [3.63, 3.8) is 0 Å². The maximum Gasteiger partial charge on any atom is 0.251 e. The van der Waals surface area contributed by atoms with Gasteiger partial charge in [-0.1, -0.05) is 30.3 Å². The van der Waals surface area contributed by atoms with Crippen molar-refractivity contribution in [3.05, 3.63) is 47.0 Å². The van der Waals surface area contributed by atoms with E-state index in [1.54, 1.807) is 12.1 Å². The number of carbonyl (C=O) groups is 1. The Kier molecular flexibility index (Phi) is 5.02. The van der Waals surface area contributed by atoms with Gasteiger partial charge >= 0.3 is 0 Å². The normalized spacial score (nSPS) is 9.88. The second-order valence-electron chi connectivity index (χ2n) is 3.44. The average molecular weight is 239 g/mol. The fourth-order valence-corrected chi connectivity index (χ4v) is 1.33. The first-order chi connectivity index (χ1) is 7.63. The van der Waals surface area contributed by atoms with Crippen LogP contribution in [0.1, 0.15) is 15.9 Å². The molecule has 1 rings (SSSR count). The number of halogens is 1. The van der Waals surface area contributed by atoms with Gasteiger partial charge in [0.2, 0.25) is 0 Å². The van der Waals surface area contributed by atoms with Crippen LogP contribution >= 0.6 is 11.6 Å². The summed E-state index contributed by atoms with van der Waals surface area (Å²) < 4.78 is 0. The monoisotopic (exact) mass is 238 g/mol. The van der Waals surface area contributed by atoms with E-state index < -0.39 is 0 Å². The van der Waals surface area contributed by atoms with E-state index in [1.165, 1.54) is 0 Å². The zero-order valence-electron chi connectivity index (χ0n) is 9.00. The minimum Gasteiger partial charge on any atom is -0.347 e. The van der Waals surface area contributed by atoms with Crippen molar-refractivity contribution in [3.8, 4) is 0 Å². The average Bonchev–Trinajstić information content (AvgIpc) is 2.27. The molecule has 16 heavy (non-hydrogen) atoms. The van der Waals surface area contributed by atoms with Gasteiger partial charge in [0.05, 0.1) is 6.54 Å². The molecule has 0 heterocycles. The van der Waals surface area contributed by atoms with Crippen molar-refractivity contribution in [2.75, 3.05) is 13.1 Å². The highest BCUT2D eigenvalue weighted by Gasteiger charge is 2.04. The van der Waals surface area contributed by atoms with E-state index in [0.717, 1.165) is 12.0 Å². The van der Waals surface area contributed by atoms with Crippen LogP contribution in [0.2, 0.25) is 0 Å². The summed E-state index contributed by atoms with van der Waals surface area (Å²) >= 11 is 5.55. The van der Waals surface area contributed by atoms with Crippen LogP contribution in [0.25, 0.3) is 0 Å². The predicted octanol–water partition coefficient (Wildman–Crippen LogP) is 1.67. The molecule has 0 radical (unpaired) electrons. The highest BCUT2D eigenvalue weighted by atomic mass is 35.5. The molecular formula is C12H15ClN2O. The van der Waals surface area contributed by atoms with Crippen LogP contribution < -0.4 is 11.1 Å². The minimum absolute atomic E-state index is 0.152. The second kappa shape index (κ2) is 6.30. The smallest absolute Gasteiger partial charge is 0.251 e. The Morgan fingerprint density at radius 3 is 2.50 bits per heavy atom. The highest BCUT2D eigenvalue weighted by Crippen LogP contribution is 2.05. The van der Waals surface area contributed by atoms with Gasteiger partial charge in [-0.15, -0.1) is 0 Å². The van der Waals surface area contributed by atoms with Gasteiger partial charge in [-0.05, 0) is 30.7 Å². The van der Waals surface area contributed by atoms with Crippen molar-refractivity contribution in [2.45, 2.75) is 6.42 Å². The number of hydrogen-bond acceptors (Lipinski definition) is 2. The number of nitrogens with two attached hydrogens (primary N) is 1. The lowest BCUT2D eigenvalue weighted by atomic mass is 10.1. The van der Waals surface area contributed by atoms with E-state index in [2.05, 4.69) is 11.9 Å². The maximum atomic E-state index is 11.6. The molecule has 0 atom stereocenters. The van der Waals surface area contributed by atoms with Crippen LogP contribution in [0.4, 0.5) is 0 Å². The first kappa shape index (κ1) is 12.7. The number of amides is 1. The van der Waals surface area contributed by atoms with Crippen LogP contribution in [0.3, 0.4) is 0 Å². The first-order valence-corrected chi connectivity index (χ1v) is 5.41. The molecule has 0 saturated carbocycles. The standard InChI is InChI=1S/C12H15ClN2O/c1-9(13)8-15-12(16)11-4-2-10(3-5-11)6-7-14/h2-5H,1,6-8,14H2,(H,15,16). The third-order valence-corrected chi connectivity index (χ3v) is 2.22. The summed E-state index contributed by atoms with van der Waals surface area (Å²) in [6.45, 7) is 4.39. The Bertz CT molecular complexity index is 373. The molecule has 0 fully saturated rings. The quantitative estimate of drug-likeness (QED) is 0.820. The van der Waals surface area contributed by atoms with Crippen molar-refractivity contribution in [2.24, 2.45) is 5.73 Å². The highest BCUT2D eigenvalue weighted by molar-refractivity contribution is 6.29. The van der Waals surface area contributed by atoms with Gasteiger partial charge in [0.15, 0.2) is 0 Å². The number of rotatable bonds is 5. The van der Waals surface area contributed by atoms with E-state index in [1.807, 2.05) is 12.1 Å². The number of hydrogen-bond donors (Lipinski definition) is 2. The summed E-state index contributed by atoms with van der Waals surface area (Å²) in [5.41, 5.74) is 7.17. The zero-order chi connectivity index (χ0) is 12.0. The summed E-state index contributed by atoms with van der Waals surface area (Å²) in [7, 11) is 0. The topological polar surface area (TPSA) is 55.1 Å². The Hall–Kier alpha value is -1.32. The van der Waals surface area contributed by atoms with Crippen LogP contribution in [0.5, 0.6) is 0 Å². The lowest BCUT2D eigenvalue weighted by Crippen LogP contribution is -2.24. The molecule has 1 aromatic rings. The van der Waals surface area contributed by atoms with Gasteiger partial charge in [0.25, 0.3) is 5.91 Å². The van der Waals surface area contributed by atoms with Gasteiger partial charge in [0.1, 0.15) is 0 Å². The summed E-state index contributed by atoms with van der Waals surface area (Å²) in [5.74, 6) is -0.152. The largest absolute Gasteiger partial charge is 0.347 e. The first-order valence-electron chi connectivity index (χ1n) is 5.04. The van der Waals surface area contributed by atoms with E-state index in [9.17, 15) is 4.79 Å². The van der Waals surface area contributed by atoms with Crippen molar-refractivity contribution in [1.82, 2.24) is 5.32 Å². The molecule has 0 aliphatic heterocycles. The van der Waals surface area contributed by atoms with Gasteiger partial charge in [0, 0.05) is 10.6 Å². The maximum absolute atomic E-state index is 11.6. The lowest BCUT2D eigenvalue weighted by Gasteiger charge is -2.04. The fraction of sp³-hybridized carbons (Fsp3) is 0.250. The van der Waals surface area contributed by atoms with E-state index in [-0.39, 0.29) is 12.5 Å². The molecule has 0 spiro atoms. The Morgan fingerprint density at radius 2 is 2.00 bits per heavy atom. The van der Waals surface area contributed by atoms with Gasteiger partial charge in [-0.25, -0.2) is 0 Å². The molecule has 86 valence electrons. The van der Waals surface area contributed by atoms with Crippen molar-refractivity contribution < 1.29 is 4.79 Å². The Morgan fingerprint density at radius 1 is 1.38 bits per heavy atom. The van der Waals surface area contributed by atoms with Crippen LogP contribution in [0, 0.1) is 0 Å². The molecule has 4 heteroatoms. The SMILES string of the molecule is C=C(Cl)CNC(=O)c1ccc(CCN)cc1. The molecular weight excluding hydrogens is 224 g/mol. The molecule has 0 aliphatic carbocycles. The van der Waals surface area contributed by atoms with Gasteiger partial charge in [-0.3, -0.25) is 4.79 Å². The van der Waals surface area contributed by atoms with E-state index in [4.69, 9.17) is 17.3 Å². The number of carbonyl (C=O) groups excluding carboxylic acids is 1. The number of nitrogens with one attached hydrogen (secondary N) is 1. The third-order valence-electron chi connectivity index (χ3n) is 2.09. The number of benzene rings is 1. The summed E-state index contributed by atoms with van der Waals surface area (Å²) in [4.78, 5) is 11.6. The fourth-order valence-electron chi connectivity index (χ4n) is 1.27. The molecule has 3 nitrogen and oxygen atoms in total. The van der Waals surface area contributed by atoms with E-state index in [0.29, 0.717) is 17.1 Å². The van der Waals surface area contributed by atoms with Crippen molar-refractivity contribution >= 4 is 17.5 Å². The van der Waals surface area contributed by atoms with Gasteiger partial charge in [-0.2, -0.15) is 0 Å². The van der Waals surface area contributed by atoms with Crippen LogP contribution in [0.15, 0.2) is 35.9 Å². The molecule has 0 unspecified atom stereocenters. The zero-order valence-corrected chi connectivity index (χ0v) is 9.76. The predicted molar refractivity (Wildman–Crippen MR) is 66.5 cm³/mol. The van der Waals surface area contributed by atoms with Gasteiger partial charge < -0.3 is 11.1 Å². The van der Waals surface area contributed by atoms with Crippen LogP contribution in [-0.2, 0) is 6.42 Å². The Labute approximate surface area is 100 Å². The Balaban J connectivity index is 2.59. The summed E-state index contributed by atoms with van der Waals surface area (Å²) in [6, 6.07) is 7.35. The third kappa shape index (κ3) is 4.04. The lowest BCUT2D eigenvalue weighted by molar-refractivity contribution is 0.0957. The summed E-state index contributed by atoms with van der Waals surface area (Å²) in [6.07, 6.45) is 0.820. The molecule has 0 aromatic heterocycles. The molecule has 0 bridgehead atoms. The second-order valence-corrected chi connectivity index (χ2v) is 3.97. The van der Waals surface area contributed by atoms with E-state index >= 15 is 0 Å². The molecule has 0 saturated heterocycles. The minimum atomic E-state index is -0.152. The van der Waals surface area contributed by atoms with Crippen LogP contribution in [-0.4, -0.2) is 19.0 Å². The molecule has 3 N–H and O–H groups in total.